The third-order valence-corrected chi connectivity index (χ3v) is 4.81. The average Bonchev–Trinajstić information content (AvgIpc) is 3.05. The van der Waals surface area contributed by atoms with Gasteiger partial charge in [-0.1, -0.05) is 30.3 Å². The number of aromatic amines is 1. The fraction of sp³-hybridized carbons (Fsp3) is 0.250. The summed E-state index contributed by atoms with van der Waals surface area (Å²) < 4.78 is 34.6. The lowest BCUT2D eigenvalue weighted by Crippen LogP contribution is -2.45. The van der Waals surface area contributed by atoms with Crippen molar-refractivity contribution in [1.82, 2.24) is 10.3 Å². The van der Waals surface area contributed by atoms with Crippen LogP contribution >= 0.6 is 0 Å². The van der Waals surface area contributed by atoms with Gasteiger partial charge in [0, 0.05) is 23.0 Å². The van der Waals surface area contributed by atoms with Crippen LogP contribution < -0.4 is 10.1 Å². The lowest BCUT2D eigenvalue weighted by Gasteiger charge is -2.30. The van der Waals surface area contributed by atoms with Crippen LogP contribution in [0.2, 0.25) is 0 Å². The van der Waals surface area contributed by atoms with Crippen LogP contribution in [-0.2, 0) is 16.0 Å². The van der Waals surface area contributed by atoms with Crippen molar-refractivity contribution in [3.8, 4) is 5.75 Å². The summed E-state index contributed by atoms with van der Waals surface area (Å²) in [5, 5.41) is 4.30. The molecular weight excluding hydrogens is 354 g/mol. The van der Waals surface area contributed by atoms with Crippen LogP contribution in [0.3, 0.4) is 0 Å². The van der Waals surface area contributed by atoms with Crippen LogP contribution in [0, 0.1) is 0 Å². The highest BCUT2D eigenvalue weighted by Gasteiger charge is 2.34. The predicted molar refractivity (Wildman–Crippen MR) is 95.9 cm³/mol. The molecule has 0 bridgehead atoms. The van der Waals surface area contributed by atoms with E-state index in [-0.39, 0.29) is 17.8 Å². The van der Waals surface area contributed by atoms with Crippen molar-refractivity contribution in [1.29, 1.82) is 0 Å². The van der Waals surface area contributed by atoms with Crippen LogP contribution in [0.5, 0.6) is 5.75 Å². The van der Waals surface area contributed by atoms with E-state index in [4.69, 9.17) is 4.74 Å². The number of H-pyrrole nitrogens is 1. The first-order valence-electron chi connectivity index (χ1n) is 8.55. The van der Waals surface area contributed by atoms with Crippen molar-refractivity contribution in [3.05, 3.63) is 65.4 Å². The molecule has 0 amide bonds. The largest absolute Gasteiger partial charge is 0.468 e. The highest BCUT2D eigenvalue weighted by molar-refractivity contribution is 5.87. The van der Waals surface area contributed by atoms with Crippen LogP contribution in [0.4, 0.5) is 8.78 Å². The second kappa shape index (κ2) is 7.00. The zero-order valence-corrected chi connectivity index (χ0v) is 14.5. The lowest BCUT2D eigenvalue weighted by molar-refractivity contribution is -0.143. The first-order valence-corrected chi connectivity index (χ1v) is 8.55. The van der Waals surface area contributed by atoms with E-state index in [9.17, 15) is 13.6 Å². The third kappa shape index (κ3) is 3.26. The molecule has 140 valence electrons. The van der Waals surface area contributed by atoms with Crippen molar-refractivity contribution < 1.29 is 23.0 Å². The van der Waals surface area contributed by atoms with Crippen molar-refractivity contribution in [2.75, 3.05) is 7.11 Å². The van der Waals surface area contributed by atoms with E-state index in [0.29, 0.717) is 6.42 Å². The van der Waals surface area contributed by atoms with Gasteiger partial charge in [0.15, 0.2) is 0 Å². The zero-order chi connectivity index (χ0) is 19.0. The number of carbonyl (C=O) groups is 1. The Bertz CT molecular complexity index is 986. The molecule has 3 aromatic rings. The first-order chi connectivity index (χ1) is 13.1. The number of carbonyl (C=O) groups excluding carboxylic acids is 1. The number of benzene rings is 2. The molecule has 0 radical (unpaired) electrons. The molecule has 2 heterocycles. The molecule has 27 heavy (non-hydrogen) atoms. The Hall–Kier alpha value is -2.93. The second-order valence-electron chi connectivity index (χ2n) is 6.39. The van der Waals surface area contributed by atoms with E-state index in [1.807, 2.05) is 30.3 Å². The molecule has 1 aromatic heterocycles. The van der Waals surface area contributed by atoms with Gasteiger partial charge in [-0.25, -0.2) is 0 Å². The maximum Gasteiger partial charge on any atom is 0.387 e. The molecule has 2 N–H and O–H groups in total. The standard InChI is InChI=1S/C20H18F2N2O3/c1-26-19(25)16-10-14-13-7-2-3-8-15(13)23-18(14)17(24-16)11-5-4-6-12(9-11)27-20(21)22/h2-9,16-17,20,23-24H,10H2,1H3/t16-,17-/m1/s1. The number of para-hydroxylation sites is 1. The molecule has 0 saturated carbocycles. The molecule has 1 aliphatic heterocycles. The van der Waals surface area contributed by atoms with Gasteiger partial charge in [-0.2, -0.15) is 8.78 Å². The number of nitrogens with one attached hydrogen (secondary N) is 2. The van der Waals surface area contributed by atoms with E-state index in [1.54, 1.807) is 12.1 Å². The Labute approximate surface area is 154 Å². The van der Waals surface area contributed by atoms with Crippen LogP contribution in [0.15, 0.2) is 48.5 Å². The van der Waals surface area contributed by atoms with E-state index in [2.05, 4.69) is 15.0 Å². The summed E-state index contributed by atoms with van der Waals surface area (Å²) in [7, 11) is 1.35. The molecule has 0 aliphatic carbocycles. The molecule has 0 spiro atoms. The summed E-state index contributed by atoms with van der Waals surface area (Å²) >= 11 is 0. The van der Waals surface area contributed by atoms with Crippen LogP contribution in [-0.4, -0.2) is 30.7 Å². The van der Waals surface area contributed by atoms with Crippen molar-refractivity contribution >= 4 is 16.9 Å². The normalized spacial score (nSPS) is 19.1. The van der Waals surface area contributed by atoms with Gasteiger partial charge in [0.05, 0.1) is 13.2 Å². The minimum atomic E-state index is -2.90. The number of fused-ring (bicyclic) bond motifs is 3. The van der Waals surface area contributed by atoms with Gasteiger partial charge >= 0.3 is 12.6 Å². The molecule has 1 aliphatic rings. The quantitative estimate of drug-likeness (QED) is 0.688. The summed E-state index contributed by atoms with van der Waals surface area (Å²) in [5.74, 6) is -0.293. The number of hydrogen-bond acceptors (Lipinski definition) is 4. The molecule has 4 rings (SSSR count). The van der Waals surface area contributed by atoms with Gasteiger partial charge in [0.1, 0.15) is 11.8 Å². The number of esters is 1. The van der Waals surface area contributed by atoms with E-state index < -0.39 is 12.7 Å². The second-order valence-corrected chi connectivity index (χ2v) is 6.39. The number of alkyl halides is 2. The highest BCUT2D eigenvalue weighted by atomic mass is 19.3. The van der Waals surface area contributed by atoms with E-state index >= 15 is 0 Å². The maximum absolute atomic E-state index is 12.6. The topological polar surface area (TPSA) is 63.4 Å². The maximum atomic E-state index is 12.6. The minimum absolute atomic E-state index is 0.0714. The average molecular weight is 372 g/mol. The first kappa shape index (κ1) is 17.5. The SMILES string of the molecule is COC(=O)[C@H]1Cc2c([nH]c3ccccc23)[C@@H](c2cccc(OC(F)F)c2)N1. The van der Waals surface area contributed by atoms with E-state index in [1.165, 1.54) is 13.2 Å². The Morgan fingerprint density at radius 1 is 1.19 bits per heavy atom. The molecule has 5 nitrogen and oxygen atoms in total. The molecule has 0 fully saturated rings. The molecule has 2 aromatic carbocycles. The zero-order valence-electron chi connectivity index (χ0n) is 14.5. The van der Waals surface area contributed by atoms with Crippen molar-refractivity contribution in [3.63, 3.8) is 0 Å². The van der Waals surface area contributed by atoms with Crippen molar-refractivity contribution in [2.24, 2.45) is 0 Å². The van der Waals surface area contributed by atoms with E-state index in [0.717, 1.165) is 27.7 Å². The van der Waals surface area contributed by atoms with Gasteiger partial charge in [-0.3, -0.25) is 10.1 Å². The van der Waals surface area contributed by atoms with Gasteiger partial charge in [0.25, 0.3) is 0 Å². The Morgan fingerprint density at radius 2 is 2.00 bits per heavy atom. The summed E-state index contributed by atoms with van der Waals surface area (Å²) in [4.78, 5) is 15.6. The molecule has 0 unspecified atom stereocenters. The Morgan fingerprint density at radius 3 is 2.78 bits per heavy atom. The fourth-order valence-electron chi connectivity index (χ4n) is 3.66. The van der Waals surface area contributed by atoms with Gasteiger partial charge in [0.2, 0.25) is 0 Å². The summed E-state index contributed by atoms with van der Waals surface area (Å²) in [6.45, 7) is -2.90. The lowest BCUT2D eigenvalue weighted by atomic mass is 9.90. The smallest absolute Gasteiger partial charge is 0.387 e. The summed E-state index contributed by atoms with van der Waals surface area (Å²) in [6.07, 6.45) is 0.482. The minimum Gasteiger partial charge on any atom is -0.468 e. The molecule has 7 heteroatoms. The Balaban J connectivity index is 1.81. The number of rotatable bonds is 4. The van der Waals surface area contributed by atoms with Crippen molar-refractivity contribution in [2.45, 2.75) is 25.1 Å². The number of aromatic nitrogens is 1. The predicted octanol–water partition coefficient (Wildman–Crippen LogP) is 3.55. The molecule has 0 saturated heterocycles. The summed E-state index contributed by atoms with van der Waals surface area (Å²) in [6, 6.07) is 13.4. The third-order valence-electron chi connectivity index (χ3n) is 4.81. The number of methoxy groups -OCH3 is 1. The Kier molecular flexibility index (Phi) is 4.53. The van der Waals surface area contributed by atoms with Gasteiger partial charge < -0.3 is 14.5 Å². The highest BCUT2D eigenvalue weighted by Crippen LogP contribution is 2.36. The van der Waals surface area contributed by atoms with Crippen LogP contribution in [0.1, 0.15) is 22.9 Å². The van der Waals surface area contributed by atoms with Gasteiger partial charge in [-0.15, -0.1) is 0 Å². The number of ether oxygens (including phenoxy) is 2. The molecule has 2 atom stereocenters. The number of hydrogen-bond donors (Lipinski definition) is 2. The van der Waals surface area contributed by atoms with Crippen LogP contribution in [0.25, 0.3) is 10.9 Å². The molecular formula is C20H18F2N2O3. The summed E-state index contributed by atoms with van der Waals surface area (Å²) in [5.41, 5.74) is 3.60. The number of halogens is 2. The van der Waals surface area contributed by atoms with Gasteiger partial charge in [-0.05, 0) is 29.3 Å². The monoisotopic (exact) mass is 372 g/mol. The fourth-order valence-corrected chi connectivity index (χ4v) is 3.66.